The zero-order valence-corrected chi connectivity index (χ0v) is 10.9. The molecule has 0 radical (unpaired) electrons. The molecule has 0 bridgehead atoms. The van der Waals surface area contributed by atoms with Gasteiger partial charge in [0, 0.05) is 12.3 Å². The van der Waals surface area contributed by atoms with Crippen LogP contribution in [0.15, 0.2) is 6.07 Å². The van der Waals surface area contributed by atoms with E-state index in [4.69, 9.17) is 4.74 Å². The van der Waals surface area contributed by atoms with Crippen LogP contribution in [-0.2, 0) is 16.1 Å². The lowest BCUT2D eigenvalue weighted by molar-refractivity contribution is -0.389. The third kappa shape index (κ3) is 3.52. The van der Waals surface area contributed by atoms with Crippen molar-refractivity contribution in [3.63, 3.8) is 0 Å². The lowest BCUT2D eigenvalue weighted by Crippen LogP contribution is -2.09. The molecule has 7 nitrogen and oxygen atoms in total. The van der Waals surface area contributed by atoms with E-state index in [1.54, 1.807) is 17.7 Å². The summed E-state index contributed by atoms with van der Waals surface area (Å²) in [5.74, 6) is 0.0407. The third-order valence-electron chi connectivity index (χ3n) is 3.04. The number of hydrogen-bond donors (Lipinski definition) is 0. The van der Waals surface area contributed by atoms with E-state index in [2.05, 4.69) is 5.10 Å². The first kappa shape index (κ1) is 13.5. The molecule has 1 aliphatic rings. The molecule has 0 unspecified atom stereocenters. The number of rotatable bonds is 7. The van der Waals surface area contributed by atoms with Crippen LogP contribution in [-0.4, -0.2) is 27.3 Å². The van der Waals surface area contributed by atoms with Crippen LogP contribution in [0.25, 0.3) is 0 Å². The van der Waals surface area contributed by atoms with Crippen molar-refractivity contribution in [2.75, 3.05) is 6.61 Å². The molecule has 0 atom stereocenters. The third-order valence-corrected chi connectivity index (χ3v) is 3.04. The summed E-state index contributed by atoms with van der Waals surface area (Å²) < 4.78 is 6.50. The lowest BCUT2D eigenvalue weighted by Gasteiger charge is -2.02. The summed E-state index contributed by atoms with van der Waals surface area (Å²) in [6.45, 7) is 2.65. The molecule has 2 rings (SSSR count). The molecule has 0 N–H and O–H groups in total. The molecular formula is C12H17N3O4. The Labute approximate surface area is 110 Å². The van der Waals surface area contributed by atoms with Crippen molar-refractivity contribution in [2.45, 2.75) is 45.1 Å². The van der Waals surface area contributed by atoms with Crippen molar-refractivity contribution >= 4 is 11.8 Å². The molecule has 0 aromatic carbocycles. The summed E-state index contributed by atoms with van der Waals surface area (Å²) >= 11 is 0. The summed E-state index contributed by atoms with van der Waals surface area (Å²) in [6, 6.07) is 1.54. The van der Waals surface area contributed by atoms with E-state index in [1.807, 2.05) is 0 Å². The van der Waals surface area contributed by atoms with E-state index >= 15 is 0 Å². The van der Waals surface area contributed by atoms with E-state index in [0.717, 1.165) is 18.5 Å². The maximum atomic E-state index is 11.2. The Hall–Kier alpha value is -1.92. The van der Waals surface area contributed by atoms with Crippen LogP contribution in [0.3, 0.4) is 0 Å². The van der Waals surface area contributed by atoms with Gasteiger partial charge in [0.2, 0.25) is 0 Å². The zero-order valence-electron chi connectivity index (χ0n) is 10.9. The highest BCUT2D eigenvalue weighted by Crippen LogP contribution is 2.41. The van der Waals surface area contributed by atoms with Gasteiger partial charge in [-0.15, -0.1) is 0 Å². The normalized spacial score (nSPS) is 14.4. The summed E-state index contributed by atoms with van der Waals surface area (Å²) in [5, 5.41) is 14.7. The first-order valence-corrected chi connectivity index (χ1v) is 6.49. The summed E-state index contributed by atoms with van der Waals surface area (Å²) in [6.07, 6.45) is 3.00. The molecule has 1 heterocycles. The fourth-order valence-electron chi connectivity index (χ4n) is 2.00. The molecule has 1 aliphatic carbocycles. The smallest absolute Gasteiger partial charge is 0.390 e. The second-order valence-corrected chi connectivity index (χ2v) is 4.59. The average molecular weight is 267 g/mol. The van der Waals surface area contributed by atoms with Gasteiger partial charge < -0.3 is 14.9 Å². The van der Waals surface area contributed by atoms with Gasteiger partial charge in [-0.2, -0.15) is 4.68 Å². The van der Waals surface area contributed by atoms with Gasteiger partial charge in [0.25, 0.3) is 0 Å². The molecule has 1 aromatic rings. The quantitative estimate of drug-likeness (QED) is 0.428. The highest BCUT2D eigenvalue weighted by molar-refractivity contribution is 5.69. The van der Waals surface area contributed by atoms with Crippen molar-refractivity contribution in [3.8, 4) is 0 Å². The standard InChI is InChI=1S/C12H17N3O4/c1-2-19-12(16)4-3-7-14-10(9-5-6-9)8-11(13-14)15(17)18/h8-9H,2-7H2,1H3. The second kappa shape index (κ2) is 5.81. The van der Waals surface area contributed by atoms with Crippen LogP contribution in [0.5, 0.6) is 0 Å². The molecule has 19 heavy (non-hydrogen) atoms. The SMILES string of the molecule is CCOC(=O)CCCn1nc([N+](=O)[O-])cc1C1CC1. The highest BCUT2D eigenvalue weighted by Gasteiger charge is 2.31. The van der Waals surface area contributed by atoms with Gasteiger partial charge in [0.05, 0.1) is 30.0 Å². The van der Waals surface area contributed by atoms with E-state index in [0.29, 0.717) is 31.9 Å². The molecule has 104 valence electrons. The van der Waals surface area contributed by atoms with Gasteiger partial charge in [0.1, 0.15) is 0 Å². The topological polar surface area (TPSA) is 87.3 Å². The summed E-state index contributed by atoms with van der Waals surface area (Å²) in [4.78, 5) is 21.5. The fourth-order valence-corrected chi connectivity index (χ4v) is 2.00. The number of aryl methyl sites for hydroxylation is 1. The second-order valence-electron chi connectivity index (χ2n) is 4.59. The van der Waals surface area contributed by atoms with Crippen molar-refractivity contribution in [1.82, 2.24) is 9.78 Å². The fraction of sp³-hybridized carbons (Fsp3) is 0.667. The van der Waals surface area contributed by atoms with Crippen LogP contribution in [0, 0.1) is 10.1 Å². The number of nitro groups is 1. The van der Waals surface area contributed by atoms with Gasteiger partial charge in [-0.05, 0) is 31.1 Å². The minimum atomic E-state index is -0.478. The number of ether oxygens (including phenoxy) is 1. The van der Waals surface area contributed by atoms with E-state index in [9.17, 15) is 14.9 Å². The van der Waals surface area contributed by atoms with Crippen molar-refractivity contribution in [3.05, 3.63) is 21.9 Å². The molecule has 7 heteroatoms. The van der Waals surface area contributed by atoms with Gasteiger partial charge in [-0.25, -0.2) is 0 Å². The van der Waals surface area contributed by atoms with E-state index < -0.39 is 4.92 Å². The van der Waals surface area contributed by atoms with Gasteiger partial charge in [-0.3, -0.25) is 4.79 Å². The van der Waals surface area contributed by atoms with Gasteiger partial charge in [0.15, 0.2) is 0 Å². The van der Waals surface area contributed by atoms with E-state index in [1.165, 1.54) is 0 Å². The Bertz CT molecular complexity index is 479. The predicted octanol–water partition coefficient (Wildman–Crippen LogP) is 2.01. The van der Waals surface area contributed by atoms with Gasteiger partial charge in [-0.1, -0.05) is 0 Å². The number of esters is 1. The van der Waals surface area contributed by atoms with Crippen LogP contribution in [0.4, 0.5) is 5.82 Å². The Kier molecular flexibility index (Phi) is 4.13. The number of carbonyl (C=O) groups excluding carboxylic acids is 1. The number of aromatic nitrogens is 2. The average Bonchev–Trinajstić information content (AvgIpc) is 3.10. The minimum absolute atomic E-state index is 0.113. The maximum Gasteiger partial charge on any atom is 0.390 e. The number of carbonyl (C=O) groups is 1. The maximum absolute atomic E-state index is 11.2. The first-order valence-electron chi connectivity index (χ1n) is 6.49. The number of nitrogens with zero attached hydrogens (tertiary/aromatic N) is 3. The molecule has 1 saturated carbocycles. The van der Waals surface area contributed by atoms with Crippen molar-refractivity contribution in [2.24, 2.45) is 0 Å². The van der Waals surface area contributed by atoms with Crippen molar-refractivity contribution < 1.29 is 14.5 Å². The molecule has 0 aliphatic heterocycles. The molecule has 0 saturated heterocycles. The van der Waals surface area contributed by atoms with Gasteiger partial charge >= 0.3 is 11.8 Å². The monoisotopic (exact) mass is 267 g/mol. The predicted molar refractivity (Wildman–Crippen MR) is 66.7 cm³/mol. The first-order chi connectivity index (χ1) is 9.11. The van der Waals surface area contributed by atoms with Crippen LogP contribution in [0.1, 0.15) is 44.2 Å². The molecule has 0 amide bonds. The summed E-state index contributed by atoms with van der Waals surface area (Å²) in [5.41, 5.74) is 0.913. The lowest BCUT2D eigenvalue weighted by atomic mass is 10.2. The molecule has 1 fully saturated rings. The highest BCUT2D eigenvalue weighted by atomic mass is 16.6. The summed E-state index contributed by atoms with van der Waals surface area (Å²) in [7, 11) is 0. The molecular weight excluding hydrogens is 250 g/mol. The Morgan fingerprint density at radius 2 is 2.37 bits per heavy atom. The van der Waals surface area contributed by atoms with E-state index in [-0.39, 0.29) is 11.8 Å². The Morgan fingerprint density at radius 3 is 2.95 bits per heavy atom. The van der Waals surface area contributed by atoms with Crippen molar-refractivity contribution in [1.29, 1.82) is 0 Å². The number of hydrogen-bond acceptors (Lipinski definition) is 5. The molecule has 1 aromatic heterocycles. The zero-order chi connectivity index (χ0) is 13.8. The minimum Gasteiger partial charge on any atom is -0.466 e. The van der Waals surface area contributed by atoms with Crippen LogP contribution < -0.4 is 0 Å². The Balaban J connectivity index is 1.95. The largest absolute Gasteiger partial charge is 0.466 e. The molecule has 0 spiro atoms. The Morgan fingerprint density at radius 1 is 1.63 bits per heavy atom. The van der Waals surface area contributed by atoms with Crippen LogP contribution in [0.2, 0.25) is 0 Å². The van der Waals surface area contributed by atoms with Crippen LogP contribution >= 0.6 is 0 Å².